The highest BCUT2D eigenvalue weighted by Crippen LogP contribution is 2.13. The van der Waals surface area contributed by atoms with E-state index in [9.17, 15) is 9.59 Å². The fourth-order valence-electron chi connectivity index (χ4n) is 1.06. The maximum atomic E-state index is 10.9. The number of carboxylic acid groups (broad SMARTS) is 1. The van der Waals surface area contributed by atoms with Crippen LogP contribution in [0, 0.1) is 0 Å². The molecule has 0 saturated carbocycles. The normalized spacial score (nSPS) is 10.9. The molecule has 1 rings (SSSR count). The van der Waals surface area contributed by atoms with Gasteiger partial charge in [-0.3, -0.25) is 0 Å². The second-order valence-electron chi connectivity index (χ2n) is 2.75. The minimum atomic E-state index is -1.16. The van der Waals surface area contributed by atoms with Crippen LogP contribution in [0.25, 0.3) is 5.57 Å². The van der Waals surface area contributed by atoms with Gasteiger partial charge < -0.3 is 9.84 Å². The van der Waals surface area contributed by atoms with Crippen molar-refractivity contribution in [1.29, 1.82) is 0 Å². The number of carboxylic acids is 1. The molecule has 0 aliphatic heterocycles. The Morgan fingerprint density at radius 2 is 1.87 bits per heavy atom. The van der Waals surface area contributed by atoms with Crippen molar-refractivity contribution in [2.75, 3.05) is 7.11 Å². The lowest BCUT2D eigenvalue weighted by Crippen LogP contribution is -2.04. The maximum Gasteiger partial charge on any atom is 0.336 e. The Bertz CT molecular complexity index is 392. The quantitative estimate of drug-likeness (QED) is 0.598. The number of methoxy groups -OCH3 is 1. The zero-order valence-corrected chi connectivity index (χ0v) is 8.14. The Morgan fingerprint density at radius 3 is 2.33 bits per heavy atom. The first-order valence-corrected chi connectivity index (χ1v) is 4.23. The van der Waals surface area contributed by atoms with E-state index in [1.54, 1.807) is 30.3 Å². The molecule has 1 aromatic rings. The molecule has 0 aliphatic carbocycles. The van der Waals surface area contributed by atoms with E-state index in [1.165, 1.54) is 7.11 Å². The average Bonchev–Trinajstić information content (AvgIpc) is 2.26. The van der Waals surface area contributed by atoms with Gasteiger partial charge in [-0.25, -0.2) is 9.59 Å². The van der Waals surface area contributed by atoms with Crippen LogP contribution in [-0.2, 0) is 14.3 Å². The molecular weight excluding hydrogens is 196 g/mol. The molecule has 0 unspecified atom stereocenters. The molecule has 0 saturated heterocycles. The first kappa shape index (κ1) is 11.0. The SMILES string of the molecule is COC(=O)/C=C(\C(=O)O)c1ccccc1. The van der Waals surface area contributed by atoms with Crippen LogP contribution in [0.3, 0.4) is 0 Å². The van der Waals surface area contributed by atoms with Crippen molar-refractivity contribution in [3.8, 4) is 0 Å². The third kappa shape index (κ3) is 2.95. The van der Waals surface area contributed by atoms with Crippen molar-refractivity contribution < 1.29 is 19.4 Å². The monoisotopic (exact) mass is 206 g/mol. The lowest BCUT2D eigenvalue weighted by Gasteiger charge is -2.01. The van der Waals surface area contributed by atoms with E-state index in [-0.39, 0.29) is 5.57 Å². The molecule has 0 heterocycles. The van der Waals surface area contributed by atoms with Gasteiger partial charge in [-0.15, -0.1) is 0 Å². The summed E-state index contributed by atoms with van der Waals surface area (Å²) in [5.74, 6) is -1.84. The highest BCUT2D eigenvalue weighted by Gasteiger charge is 2.11. The zero-order chi connectivity index (χ0) is 11.3. The van der Waals surface area contributed by atoms with E-state index >= 15 is 0 Å². The van der Waals surface area contributed by atoms with Crippen LogP contribution in [0.15, 0.2) is 36.4 Å². The summed E-state index contributed by atoms with van der Waals surface area (Å²) in [5.41, 5.74) is 0.387. The fourth-order valence-corrected chi connectivity index (χ4v) is 1.06. The van der Waals surface area contributed by atoms with Crippen molar-refractivity contribution in [3.63, 3.8) is 0 Å². The van der Waals surface area contributed by atoms with E-state index in [0.717, 1.165) is 6.08 Å². The van der Waals surface area contributed by atoms with Gasteiger partial charge in [-0.05, 0) is 5.56 Å². The van der Waals surface area contributed by atoms with Crippen LogP contribution >= 0.6 is 0 Å². The van der Waals surface area contributed by atoms with Crippen LogP contribution in [0.4, 0.5) is 0 Å². The van der Waals surface area contributed by atoms with Gasteiger partial charge in [0, 0.05) is 6.08 Å². The van der Waals surface area contributed by atoms with E-state index < -0.39 is 11.9 Å². The number of esters is 1. The van der Waals surface area contributed by atoms with Gasteiger partial charge in [-0.1, -0.05) is 30.3 Å². The number of benzene rings is 1. The van der Waals surface area contributed by atoms with E-state index in [4.69, 9.17) is 5.11 Å². The van der Waals surface area contributed by atoms with Crippen molar-refractivity contribution in [2.24, 2.45) is 0 Å². The van der Waals surface area contributed by atoms with Crippen molar-refractivity contribution in [3.05, 3.63) is 42.0 Å². The van der Waals surface area contributed by atoms with Crippen LogP contribution in [0.1, 0.15) is 5.56 Å². The van der Waals surface area contributed by atoms with E-state index in [2.05, 4.69) is 4.74 Å². The Morgan fingerprint density at radius 1 is 1.27 bits per heavy atom. The number of ether oxygens (including phenoxy) is 1. The Balaban J connectivity index is 3.10. The van der Waals surface area contributed by atoms with Crippen LogP contribution in [0.5, 0.6) is 0 Å². The summed E-state index contributed by atoms with van der Waals surface area (Å²) in [6.07, 6.45) is 0.956. The Labute approximate surface area is 86.8 Å². The number of carbonyl (C=O) groups excluding carboxylic acids is 1. The summed E-state index contributed by atoms with van der Waals surface area (Å²) in [4.78, 5) is 21.8. The van der Waals surface area contributed by atoms with E-state index in [1.807, 2.05) is 0 Å². The van der Waals surface area contributed by atoms with Gasteiger partial charge in [0.25, 0.3) is 0 Å². The molecule has 15 heavy (non-hydrogen) atoms. The third-order valence-electron chi connectivity index (χ3n) is 1.78. The standard InChI is InChI=1S/C11H10O4/c1-15-10(12)7-9(11(13)14)8-5-3-2-4-6-8/h2-7H,1H3,(H,13,14)/b9-7-. The summed E-state index contributed by atoms with van der Waals surface area (Å²) in [5, 5.41) is 8.90. The first-order valence-electron chi connectivity index (χ1n) is 4.23. The largest absolute Gasteiger partial charge is 0.478 e. The molecule has 78 valence electrons. The lowest BCUT2D eigenvalue weighted by atomic mass is 10.1. The highest BCUT2D eigenvalue weighted by atomic mass is 16.5. The van der Waals surface area contributed by atoms with Gasteiger partial charge in [0.05, 0.1) is 12.7 Å². The number of hydrogen-bond acceptors (Lipinski definition) is 3. The summed E-state index contributed by atoms with van der Waals surface area (Å²) < 4.78 is 4.37. The molecule has 0 radical (unpaired) electrons. The summed E-state index contributed by atoms with van der Waals surface area (Å²) in [6.45, 7) is 0. The topological polar surface area (TPSA) is 63.6 Å². The summed E-state index contributed by atoms with van der Waals surface area (Å²) >= 11 is 0. The number of carbonyl (C=O) groups is 2. The van der Waals surface area contributed by atoms with Crippen LogP contribution < -0.4 is 0 Å². The molecular formula is C11H10O4. The summed E-state index contributed by atoms with van der Waals surface area (Å²) in [6, 6.07) is 8.39. The molecule has 0 fully saturated rings. The van der Waals surface area contributed by atoms with Crippen molar-refractivity contribution in [1.82, 2.24) is 0 Å². The number of hydrogen-bond donors (Lipinski definition) is 1. The van der Waals surface area contributed by atoms with E-state index in [0.29, 0.717) is 5.56 Å². The van der Waals surface area contributed by atoms with Gasteiger partial charge >= 0.3 is 11.9 Å². The molecule has 4 heteroatoms. The second kappa shape index (κ2) is 4.95. The first-order chi connectivity index (χ1) is 7.15. The van der Waals surface area contributed by atoms with Crippen molar-refractivity contribution >= 4 is 17.5 Å². The molecule has 0 amide bonds. The third-order valence-corrected chi connectivity index (χ3v) is 1.78. The lowest BCUT2D eigenvalue weighted by molar-refractivity contribution is -0.135. The number of aliphatic carboxylic acids is 1. The molecule has 0 spiro atoms. The molecule has 0 aromatic heterocycles. The predicted octanol–water partition coefficient (Wildman–Crippen LogP) is 1.33. The molecule has 1 aromatic carbocycles. The molecule has 0 bridgehead atoms. The Hall–Kier alpha value is -2.10. The van der Waals surface area contributed by atoms with Gasteiger partial charge in [0.15, 0.2) is 0 Å². The number of rotatable bonds is 3. The van der Waals surface area contributed by atoms with Gasteiger partial charge in [-0.2, -0.15) is 0 Å². The van der Waals surface area contributed by atoms with Gasteiger partial charge in [0.1, 0.15) is 0 Å². The molecule has 0 atom stereocenters. The molecule has 0 aliphatic rings. The molecule has 1 N–H and O–H groups in total. The van der Waals surface area contributed by atoms with Crippen LogP contribution in [0.2, 0.25) is 0 Å². The fraction of sp³-hybridized carbons (Fsp3) is 0.0909. The van der Waals surface area contributed by atoms with Gasteiger partial charge in [0.2, 0.25) is 0 Å². The predicted molar refractivity (Wildman–Crippen MR) is 54.1 cm³/mol. The summed E-state index contributed by atoms with van der Waals surface area (Å²) in [7, 11) is 1.20. The highest BCUT2D eigenvalue weighted by molar-refractivity contribution is 6.19. The second-order valence-corrected chi connectivity index (χ2v) is 2.75. The maximum absolute atomic E-state index is 10.9. The minimum Gasteiger partial charge on any atom is -0.478 e. The van der Waals surface area contributed by atoms with Crippen LogP contribution in [-0.4, -0.2) is 24.2 Å². The zero-order valence-electron chi connectivity index (χ0n) is 8.14. The minimum absolute atomic E-state index is 0.0811. The average molecular weight is 206 g/mol. The smallest absolute Gasteiger partial charge is 0.336 e. The Kier molecular flexibility index (Phi) is 3.62. The van der Waals surface area contributed by atoms with Crippen molar-refractivity contribution in [2.45, 2.75) is 0 Å². The molecule has 4 nitrogen and oxygen atoms in total.